The van der Waals surface area contributed by atoms with Gasteiger partial charge in [-0.05, 0) is 12.1 Å². The monoisotopic (exact) mass is 198 g/mol. The lowest BCUT2D eigenvalue weighted by molar-refractivity contribution is -0.0500. The van der Waals surface area contributed by atoms with Crippen molar-refractivity contribution in [2.24, 2.45) is 0 Å². The summed E-state index contributed by atoms with van der Waals surface area (Å²) in [6, 6.07) is 2.90. The van der Waals surface area contributed by atoms with Crippen molar-refractivity contribution < 1.29 is 13.5 Å². The number of pyridine rings is 1. The number of hydrogen-bond acceptors (Lipinski definition) is 3. The molecule has 0 saturated heterocycles. The largest absolute Gasteiger partial charge is 0.433 e. The normalized spacial score (nSPS) is 9.57. The lowest BCUT2D eigenvalue weighted by Gasteiger charge is -2.04. The molecule has 0 atom stereocenters. The molecule has 0 radical (unpaired) electrons. The first kappa shape index (κ1) is 10.3. The molecule has 14 heavy (non-hydrogen) atoms. The van der Waals surface area contributed by atoms with E-state index in [1.54, 1.807) is 0 Å². The van der Waals surface area contributed by atoms with Gasteiger partial charge in [0.1, 0.15) is 11.6 Å². The Bertz CT molecular complexity index is 319. The van der Waals surface area contributed by atoms with Crippen LogP contribution in [-0.4, -0.2) is 18.1 Å². The second kappa shape index (κ2) is 5.02. The predicted octanol–water partition coefficient (Wildman–Crippen LogP) is 1.73. The van der Waals surface area contributed by atoms with Crippen LogP contribution in [-0.2, 0) is 0 Å². The van der Waals surface area contributed by atoms with Gasteiger partial charge in [0.25, 0.3) is 0 Å². The molecule has 0 saturated carbocycles. The van der Waals surface area contributed by atoms with Crippen molar-refractivity contribution >= 4 is 5.82 Å². The van der Waals surface area contributed by atoms with Gasteiger partial charge in [0.05, 0.1) is 12.7 Å². The molecular weight excluding hydrogens is 190 g/mol. The van der Waals surface area contributed by atoms with Gasteiger partial charge in [-0.25, -0.2) is 4.98 Å². The highest BCUT2D eigenvalue weighted by atomic mass is 19.3. The van der Waals surface area contributed by atoms with E-state index in [2.05, 4.69) is 21.0 Å². The van der Waals surface area contributed by atoms with Gasteiger partial charge in [0, 0.05) is 0 Å². The number of hydrogen-bond donors (Lipinski definition) is 1. The van der Waals surface area contributed by atoms with Crippen LogP contribution in [0.1, 0.15) is 0 Å². The molecule has 0 fully saturated rings. The number of nitrogens with zero attached hydrogens (tertiary/aromatic N) is 1. The Morgan fingerprint density at radius 3 is 2.86 bits per heavy atom. The van der Waals surface area contributed by atoms with Crippen molar-refractivity contribution in [1.82, 2.24) is 4.98 Å². The topological polar surface area (TPSA) is 34.1 Å². The summed E-state index contributed by atoms with van der Waals surface area (Å²) >= 11 is 0. The SMILES string of the molecule is C#CCNc1ccc(OC(F)F)cn1. The summed E-state index contributed by atoms with van der Waals surface area (Å²) in [7, 11) is 0. The number of alkyl halides is 2. The van der Waals surface area contributed by atoms with E-state index in [1.165, 1.54) is 18.3 Å². The van der Waals surface area contributed by atoms with Crippen LogP contribution < -0.4 is 10.1 Å². The third kappa shape index (κ3) is 3.27. The van der Waals surface area contributed by atoms with Gasteiger partial charge in [-0.1, -0.05) is 5.92 Å². The summed E-state index contributed by atoms with van der Waals surface area (Å²) in [4.78, 5) is 3.80. The van der Waals surface area contributed by atoms with Crippen LogP contribution in [0.2, 0.25) is 0 Å². The molecule has 1 aromatic rings. The van der Waals surface area contributed by atoms with Crippen molar-refractivity contribution in [1.29, 1.82) is 0 Å². The van der Waals surface area contributed by atoms with Gasteiger partial charge in [-0.2, -0.15) is 8.78 Å². The van der Waals surface area contributed by atoms with Crippen LogP contribution in [0.15, 0.2) is 18.3 Å². The maximum Gasteiger partial charge on any atom is 0.387 e. The summed E-state index contributed by atoms with van der Waals surface area (Å²) in [5, 5.41) is 2.78. The van der Waals surface area contributed by atoms with Crippen molar-refractivity contribution in [3.63, 3.8) is 0 Å². The predicted molar refractivity (Wildman–Crippen MR) is 48.2 cm³/mol. The van der Waals surface area contributed by atoms with Crippen molar-refractivity contribution in [3.8, 4) is 18.1 Å². The maximum atomic E-state index is 11.7. The molecule has 1 N–H and O–H groups in total. The molecule has 0 aliphatic carbocycles. The van der Waals surface area contributed by atoms with Gasteiger partial charge in [-0.3, -0.25) is 0 Å². The van der Waals surface area contributed by atoms with Crippen molar-refractivity contribution in [3.05, 3.63) is 18.3 Å². The molecule has 0 spiro atoms. The minimum atomic E-state index is -2.83. The average molecular weight is 198 g/mol. The number of terminal acetylenes is 1. The fourth-order valence-corrected chi connectivity index (χ4v) is 0.799. The fourth-order valence-electron chi connectivity index (χ4n) is 0.799. The number of rotatable bonds is 4. The zero-order chi connectivity index (χ0) is 10.4. The first-order valence-electron chi connectivity index (χ1n) is 3.80. The van der Waals surface area contributed by atoms with Crippen LogP contribution in [0.5, 0.6) is 5.75 Å². The van der Waals surface area contributed by atoms with Gasteiger partial charge in [0.15, 0.2) is 0 Å². The van der Waals surface area contributed by atoms with Gasteiger partial charge in [-0.15, -0.1) is 6.42 Å². The van der Waals surface area contributed by atoms with Crippen LogP contribution in [0.25, 0.3) is 0 Å². The standard InChI is InChI=1S/C9H8F2N2O/c1-2-5-12-8-4-3-7(6-13-8)14-9(10)11/h1,3-4,6,9H,5H2,(H,12,13). The van der Waals surface area contributed by atoms with E-state index in [1.807, 2.05) is 0 Å². The number of aromatic nitrogens is 1. The summed E-state index contributed by atoms with van der Waals surface area (Å²) < 4.78 is 27.6. The maximum absolute atomic E-state index is 11.7. The van der Waals surface area contributed by atoms with Crippen LogP contribution in [0, 0.1) is 12.3 Å². The molecular formula is C9H8F2N2O. The molecule has 0 aromatic carbocycles. The molecule has 5 heteroatoms. The van der Waals surface area contributed by atoms with E-state index < -0.39 is 6.61 Å². The highest BCUT2D eigenvalue weighted by molar-refractivity contribution is 5.38. The van der Waals surface area contributed by atoms with Gasteiger partial charge < -0.3 is 10.1 Å². The van der Waals surface area contributed by atoms with E-state index in [-0.39, 0.29) is 5.75 Å². The summed E-state index contributed by atoms with van der Waals surface area (Å²) in [6.07, 6.45) is 6.21. The molecule has 74 valence electrons. The first-order valence-corrected chi connectivity index (χ1v) is 3.80. The van der Waals surface area contributed by atoms with Crippen LogP contribution >= 0.6 is 0 Å². The quantitative estimate of drug-likeness (QED) is 0.748. The van der Waals surface area contributed by atoms with E-state index in [0.29, 0.717) is 12.4 Å². The first-order chi connectivity index (χ1) is 6.72. The Labute approximate surface area is 80.1 Å². The Kier molecular flexibility index (Phi) is 3.68. The summed E-state index contributed by atoms with van der Waals surface area (Å²) in [5.74, 6) is 2.90. The average Bonchev–Trinajstić information content (AvgIpc) is 2.16. The Morgan fingerprint density at radius 1 is 1.57 bits per heavy atom. The number of ether oxygens (including phenoxy) is 1. The third-order valence-electron chi connectivity index (χ3n) is 1.33. The smallest absolute Gasteiger partial charge is 0.387 e. The lowest BCUT2D eigenvalue weighted by Crippen LogP contribution is -2.04. The molecule has 0 bridgehead atoms. The van der Waals surface area contributed by atoms with E-state index in [4.69, 9.17) is 6.42 Å². The minimum Gasteiger partial charge on any atom is -0.433 e. The minimum absolute atomic E-state index is 0.0197. The molecule has 1 rings (SSSR count). The number of anilines is 1. The Balaban J connectivity index is 2.56. The van der Waals surface area contributed by atoms with Crippen molar-refractivity contribution in [2.45, 2.75) is 6.61 Å². The molecule has 3 nitrogen and oxygen atoms in total. The lowest BCUT2D eigenvalue weighted by atomic mass is 10.4. The molecule has 1 aromatic heterocycles. The highest BCUT2D eigenvalue weighted by Gasteiger charge is 2.03. The Hall–Kier alpha value is -1.83. The van der Waals surface area contributed by atoms with Crippen LogP contribution in [0.4, 0.5) is 14.6 Å². The Morgan fingerprint density at radius 2 is 2.36 bits per heavy atom. The molecule has 0 amide bonds. The van der Waals surface area contributed by atoms with Crippen LogP contribution in [0.3, 0.4) is 0 Å². The summed E-state index contributed by atoms with van der Waals surface area (Å²) in [6.45, 7) is -2.50. The van der Waals surface area contributed by atoms with Gasteiger partial charge in [0.2, 0.25) is 0 Å². The molecule has 0 unspecified atom stereocenters. The molecule has 1 heterocycles. The molecule has 0 aliphatic rings. The van der Waals surface area contributed by atoms with E-state index in [0.717, 1.165) is 0 Å². The van der Waals surface area contributed by atoms with E-state index >= 15 is 0 Å². The third-order valence-corrected chi connectivity index (χ3v) is 1.33. The molecule has 0 aliphatic heterocycles. The zero-order valence-corrected chi connectivity index (χ0v) is 7.21. The second-order valence-corrected chi connectivity index (χ2v) is 2.32. The number of halogens is 2. The van der Waals surface area contributed by atoms with E-state index in [9.17, 15) is 8.78 Å². The summed E-state index contributed by atoms with van der Waals surface area (Å²) in [5.41, 5.74) is 0. The fraction of sp³-hybridized carbons (Fsp3) is 0.222. The zero-order valence-electron chi connectivity index (χ0n) is 7.21. The van der Waals surface area contributed by atoms with Crippen molar-refractivity contribution in [2.75, 3.05) is 11.9 Å². The second-order valence-electron chi connectivity index (χ2n) is 2.32. The number of nitrogens with one attached hydrogen (secondary N) is 1. The highest BCUT2D eigenvalue weighted by Crippen LogP contribution is 2.14. The van der Waals surface area contributed by atoms with Gasteiger partial charge >= 0.3 is 6.61 Å².